The van der Waals surface area contributed by atoms with Gasteiger partial charge in [0.1, 0.15) is 17.3 Å². The van der Waals surface area contributed by atoms with E-state index in [0.29, 0.717) is 12.0 Å². The molecule has 0 N–H and O–H groups in total. The lowest BCUT2D eigenvalue weighted by Crippen LogP contribution is -2.20. The van der Waals surface area contributed by atoms with Gasteiger partial charge in [0.05, 0.1) is 5.39 Å². The van der Waals surface area contributed by atoms with Gasteiger partial charge < -0.3 is 4.74 Å². The van der Waals surface area contributed by atoms with Gasteiger partial charge in [0, 0.05) is 4.88 Å². The minimum atomic E-state index is 0.355. The van der Waals surface area contributed by atoms with Gasteiger partial charge in [-0.15, -0.1) is 11.3 Å². The maximum atomic E-state index is 6.33. The molecule has 1 unspecified atom stereocenters. The van der Waals surface area contributed by atoms with E-state index in [0.717, 1.165) is 10.7 Å². The third-order valence-corrected chi connectivity index (χ3v) is 6.34. The van der Waals surface area contributed by atoms with Crippen molar-refractivity contribution in [3.63, 3.8) is 0 Å². The molecule has 0 saturated heterocycles. The summed E-state index contributed by atoms with van der Waals surface area (Å²) in [7, 11) is 0. The summed E-state index contributed by atoms with van der Waals surface area (Å²) >= 11 is 1.86. The average molecular weight is 316 g/mol. The largest absolute Gasteiger partial charge is 0.474 e. The first-order valence-electron chi connectivity index (χ1n) is 8.79. The number of thiophene rings is 1. The summed E-state index contributed by atoms with van der Waals surface area (Å²) in [5, 5.41) is 1.24. The van der Waals surface area contributed by atoms with Gasteiger partial charge in [0.25, 0.3) is 0 Å². The third kappa shape index (κ3) is 2.51. The van der Waals surface area contributed by atoms with E-state index in [1.165, 1.54) is 73.6 Å². The molecular weight excluding hydrogens is 292 g/mol. The fourth-order valence-electron chi connectivity index (χ4n) is 4.11. The third-order valence-electron chi connectivity index (χ3n) is 5.16. The molecule has 1 fully saturated rings. The van der Waals surface area contributed by atoms with Crippen LogP contribution in [-0.4, -0.2) is 16.1 Å². The number of fused-ring (bicyclic) bond motifs is 3. The van der Waals surface area contributed by atoms with E-state index in [1.807, 2.05) is 11.3 Å². The molecule has 2 heterocycles. The summed E-state index contributed by atoms with van der Waals surface area (Å²) in [6.07, 6.45) is 13.3. The number of aromatic nitrogens is 2. The molecule has 2 aliphatic rings. The summed E-state index contributed by atoms with van der Waals surface area (Å²) in [5.41, 5.74) is 1.52. The Morgan fingerprint density at radius 1 is 1.18 bits per heavy atom. The Labute approximate surface area is 136 Å². The maximum Gasteiger partial charge on any atom is 0.225 e. The molecule has 2 aromatic heterocycles. The zero-order chi connectivity index (χ0) is 14.9. The highest BCUT2D eigenvalue weighted by atomic mass is 32.1. The lowest BCUT2D eigenvalue weighted by molar-refractivity contribution is 0.150. The van der Waals surface area contributed by atoms with Crippen LogP contribution in [0.3, 0.4) is 0 Å². The summed E-state index contributed by atoms with van der Waals surface area (Å²) in [6, 6.07) is 0. The first kappa shape index (κ1) is 14.4. The minimum absolute atomic E-state index is 0.355. The van der Waals surface area contributed by atoms with E-state index in [1.54, 1.807) is 6.33 Å². The molecule has 1 atom stereocenters. The van der Waals surface area contributed by atoms with Gasteiger partial charge in [-0.3, -0.25) is 0 Å². The molecule has 2 aliphatic carbocycles. The standard InChI is InChI=1S/C18H24N2OS/c1-2-6-12-9-10-14-15(12)16-17(19-11-20-18(16)22-14)21-13-7-4-3-5-8-13/h11-13H,2-10H2,1H3. The van der Waals surface area contributed by atoms with Crippen LogP contribution in [0.15, 0.2) is 6.33 Å². The predicted octanol–water partition coefficient (Wildman–Crippen LogP) is 5.23. The van der Waals surface area contributed by atoms with Crippen molar-refractivity contribution in [2.75, 3.05) is 0 Å². The fourth-order valence-corrected chi connectivity index (χ4v) is 5.34. The summed E-state index contributed by atoms with van der Waals surface area (Å²) in [6.45, 7) is 2.28. The van der Waals surface area contributed by atoms with Crippen molar-refractivity contribution in [1.29, 1.82) is 0 Å². The van der Waals surface area contributed by atoms with Crippen LogP contribution in [0, 0.1) is 0 Å². The second-order valence-corrected chi connectivity index (χ2v) is 7.78. The molecular formula is C18H24N2OS. The van der Waals surface area contributed by atoms with Crippen LogP contribution in [-0.2, 0) is 6.42 Å². The average Bonchev–Trinajstić information content (AvgIpc) is 3.09. The zero-order valence-corrected chi connectivity index (χ0v) is 14.1. The van der Waals surface area contributed by atoms with Gasteiger partial charge in [0.2, 0.25) is 5.88 Å². The Hall–Kier alpha value is -1.16. The monoisotopic (exact) mass is 316 g/mol. The molecule has 0 aliphatic heterocycles. The quantitative estimate of drug-likeness (QED) is 0.774. The second-order valence-electron chi connectivity index (χ2n) is 6.70. The molecule has 0 bridgehead atoms. The molecule has 0 radical (unpaired) electrons. The van der Waals surface area contributed by atoms with Crippen LogP contribution in [0.4, 0.5) is 0 Å². The van der Waals surface area contributed by atoms with Gasteiger partial charge in [-0.05, 0) is 56.4 Å². The number of rotatable bonds is 4. The van der Waals surface area contributed by atoms with E-state index < -0.39 is 0 Å². The highest BCUT2D eigenvalue weighted by Crippen LogP contribution is 2.47. The van der Waals surface area contributed by atoms with Crippen molar-refractivity contribution in [2.24, 2.45) is 0 Å². The summed E-state index contributed by atoms with van der Waals surface area (Å²) in [4.78, 5) is 11.7. The second kappa shape index (κ2) is 6.15. The number of hydrogen-bond donors (Lipinski definition) is 0. The first-order chi connectivity index (χ1) is 10.9. The Kier molecular flexibility index (Phi) is 4.03. The Morgan fingerprint density at radius 2 is 2.05 bits per heavy atom. The van der Waals surface area contributed by atoms with Crippen LogP contribution in [0.25, 0.3) is 10.2 Å². The summed E-state index contributed by atoms with van der Waals surface area (Å²) < 4.78 is 6.33. The molecule has 1 saturated carbocycles. The molecule has 4 heteroatoms. The Bertz CT molecular complexity index is 660. The molecule has 2 aromatic rings. The molecule has 4 rings (SSSR count). The molecule has 22 heavy (non-hydrogen) atoms. The van der Waals surface area contributed by atoms with Crippen LogP contribution in [0.1, 0.15) is 74.6 Å². The van der Waals surface area contributed by atoms with Gasteiger partial charge in [0.15, 0.2) is 0 Å². The van der Waals surface area contributed by atoms with Crippen molar-refractivity contribution in [3.8, 4) is 5.88 Å². The van der Waals surface area contributed by atoms with Crippen molar-refractivity contribution < 1.29 is 4.74 Å². The van der Waals surface area contributed by atoms with Crippen LogP contribution < -0.4 is 4.74 Å². The topological polar surface area (TPSA) is 35.0 Å². The van der Waals surface area contributed by atoms with Gasteiger partial charge in [-0.1, -0.05) is 19.8 Å². The van der Waals surface area contributed by atoms with Gasteiger partial charge in [-0.25, -0.2) is 9.97 Å². The van der Waals surface area contributed by atoms with Crippen LogP contribution in [0.2, 0.25) is 0 Å². The van der Waals surface area contributed by atoms with E-state index in [4.69, 9.17) is 4.74 Å². The highest BCUT2D eigenvalue weighted by molar-refractivity contribution is 7.19. The fraction of sp³-hybridized carbons (Fsp3) is 0.667. The van der Waals surface area contributed by atoms with Crippen molar-refractivity contribution in [2.45, 2.75) is 76.7 Å². The lowest BCUT2D eigenvalue weighted by atomic mass is 9.96. The smallest absolute Gasteiger partial charge is 0.225 e. The zero-order valence-electron chi connectivity index (χ0n) is 13.3. The van der Waals surface area contributed by atoms with Crippen molar-refractivity contribution in [3.05, 3.63) is 16.8 Å². The normalized spacial score (nSPS) is 22.1. The molecule has 0 aromatic carbocycles. The van der Waals surface area contributed by atoms with E-state index >= 15 is 0 Å². The van der Waals surface area contributed by atoms with Crippen LogP contribution >= 0.6 is 11.3 Å². The summed E-state index contributed by atoms with van der Waals surface area (Å²) in [5.74, 6) is 1.55. The van der Waals surface area contributed by atoms with Crippen molar-refractivity contribution in [1.82, 2.24) is 9.97 Å². The molecule has 118 valence electrons. The number of nitrogens with zero attached hydrogens (tertiary/aromatic N) is 2. The molecule has 0 spiro atoms. The predicted molar refractivity (Wildman–Crippen MR) is 90.9 cm³/mol. The van der Waals surface area contributed by atoms with E-state index in [9.17, 15) is 0 Å². The molecule has 0 amide bonds. The first-order valence-corrected chi connectivity index (χ1v) is 9.61. The Balaban J connectivity index is 1.72. The minimum Gasteiger partial charge on any atom is -0.474 e. The number of ether oxygens (including phenoxy) is 1. The van der Waals surface area contributed by atoms with E-state index in [2.05, 4.69) is 16.9 Å². The SMILES string of the molecule is CCCC1CCc2sc3ncnc(OC4CCCCC4)c3c21. The van der Waals surface area contributed by atoms with E-state index in [-0.39, 0.29) is 0 Å². The Morgan fingerprint density at radius 3 is 2.86 bits per heavy atom. The lowest BCUT2D eigenvalue weighted by Gasteiger charge is -2.23. The van der Waals surface area contributed by atoms with Crippen molar-refractivity contribution >= 4 is 21.6 Å². The van der Waals surface area contributed by atoms with Gasteiger partial charge >= 0.3 is 0 Å². The maximum absolute atomic E-state index is 6.33. The number of hydrogen-bond acceptors (Lipinski definition) is 4. The number of aryl methyl sites for hydroxylation is 1. The highest BCUT2D eigenvalue weighted by Gasteiger charge is 2.30. The molecule has 3 nitrogen and oxygen atoms in total. The van der Waals surface area contributed by atoms with Gasteiger partial charge in [-0.2, -0.15) is 0 Å². The van der Waals surface area contributed by atoms with Crippen LogP contribution in [0.5, 0.6) is 5.88 Å².